The Labute approximate surface area is 119 Å². The molecule has 0 aromatic heterocycles. The summed E-state index contributed by atoms with van der Waals surface area (Å²) >= 11 is 4.44. The minimum Gasteiger partial charge on any atom is -0.393 e. The zero-order valence-electron chi connectivity index (χ0n) is 10.8. The van der Waals surface area contributed by atoms with Gasteiger partial charge in [-0.2, -0.15) is 12.6 Å². The van der Waals surface area contributed by atoms with Gasteiger partial charge in [-0.25, -0.2) is 0 Å². The van der Waals surface area contributed by atoms with Gasteiger partial charge in [0.25, 0.3) is 0 Å². The fourth-order valence-electron chi connectivity index (χ4n) is 3.23. The van der Waals surface area contributed by atoms with Crippen molar-refractivity contribution in [2.24, 2.45) is 0 Å². The normalized spacial score (nSPS) is 35.1. The van der Waals surface area contributed by atoms with Crippen molar-refractivity contribution >= 4 is 18.5 Å². The molecule has 1 amide bonds. The van der Waals surface area contributed by atoms with Crippen molar-refractivity contribution in [3.05, 3.63) is 35.9 Å². The molecule has 2 aliphatic rings. The zero-order valence-corrected chi connectivity index (χ0v) is 11.7. The van der Waals surface area contributed by atoms with Crippen LogP contribution in [0.3, 0.4) is 0 Å². The molecule has 0 spiro atoms. The molecule has 0 radical (unpaired) electrons. The second kappa shape index (κ2) is 5.17. The largest absolute Gasteiger partial charge is 0.393 e. The van der Waals surface area contributed by atoms with Crippen molar-refractivity contribution in [3.63, 3.8) is 0 Å². The summed E-state index contributed by atoms with van der Waals surface area (Å²) in [5.74, 6) is 0.138. The first-order valence-electron chi connectivity index (χ1n) is 6.91. The molecule has 1 aliphatic heterocycles. The van der Waals surface area contributed by atoms with Crippen LogP contribution in [0.2, 0.25) is 0 Å². The van der Waals surface area contributed by atoms with Gasteiger partial charge in [-0.05, 0) is 31.2 Å². The molecule has 19 heavy (non-hydrogen) atoms. The van der Waals surface area contributed by atoms with Gasteiger partial charge in [0.1, 0.15) is 5.25 Å². The van der Waals surface area contributed by atoms with E-state index < -0.39 is 0 Å². The summed E-state index contributed by atoms with van der Waals surface area (Å²) in [5.41, 5.74) is 1.16. The van der Waals surface area contributed by atoms with Crippen LogP contribution < -0.4 is 0 Å². The molecule has 2 fully saturated rings. The van der Waals surface area contributed by atoms with E-state index in [2.05, 4.69) is 24.8 Å². The highest BCUT2D eigenvalue weighted by Gasteiger charge is 2.49. The van der Waals surface area contributed by atoms with Gasteiger partial charge in [0.15, 0.2) is 0 Å². The maximum Gasteiger partial charge on any atom is 0.238 e. The quantitative estimate of drug-likeness (QED) is 0.642. The van der Waals surface area contributed by atoms with E-state index in [1.165, 1.54) is 0 Å². The summed E-state index contributed by atoms with van der Waals surface area (Å²) in [6.07, 6.45) is 3.21. The number of amides is 1. The lowest BCUT2D eigenvalue weighted by molar-refractivity contribution is -0.150. The molecular weight excluding hydrogens is 258 g/mol. The van der Waals surface area contributed by atoms with Crippen molar-refractivity contribution in [1.82, 2.24) is 4.90 Å². The van der Waals surface area contributed by atoms with Crippen LogP contribution in [0.4, 0.5) is 0 Å². The summed E-state index contributed by atoms with van der Waals surface area (Å²) < 4.78 is 0. The Morgan fingerprint density at radius 3 is 2.37 bits per heavy atom. The predicted octanol–water partition coefficient (Wildman–Crippen LogP) is 2.17. The van der Waals surface area contributed by atoms with Crippen LogP contribution in [0, 0.1) is 0 Å². The van der Waals surface area contributed by atoms with E-state index in [1.807, 2.05) is 23.1 Å². The maximum absolute atomic E-state index is 12.1. The van der Waals surface area contributed by atoms with Crippen LogP contribution in [0.5, 0.6) is 0 Å². The molecule has 2 atom stereocenters. The van der Waals surface area contributed by atoms with E-state index in [1.54, 1.807) is 0 Å². The second-order valence-corrected chi connectivity index (χ2v) is 6.06. The van der Waals surface area contributed by atoms with Gasteiger partial charge in [0.2, 0.25) is 5.91 Å². The van der Waals surface area contributed by atoms with E-state index in [9.17, 15) is 9.90 Å². The van der Waals surface area contributed by atoms with Gasteiger partial charge in [-0.15, -0.1) is 0 Å². The number of hydrogen-bond donors (Lipinski definition) is 2. The second-order valence-electron chi connectivity index (χ2n) is 5.51. The Hall–Kier alpha value is -1.00. The highest BCUT2D eigenvalue weighted by atomic mass is 32.1. The van der Waals surface area contributed by atoms with E-state index in [0.717, 1.165) is 31.2 Å². The number of β-lactam (4-membered cyclic amide) rings is 1. The monoisotopic (exact) mass is 277 g/mol. The Kier molecular flexibility index (Phi) is 3.54. The molecule has 1 aromatic carbocycles. The molecule has 0 bridgehead atoms. The van der Waals surface area contributed by atoms with Crippen LogP contribution in [-0.2, 0) is 4.79 Å². The highest BCUT2D eigenvalue weighted by Crippen LogP contribution is 2.42. The third kappa shape index (κ3) is 2.28. The molecule has 4 heteroatoms. The number of aliphatic hydroxyl groups excluding tert-OH is 1. The summed E-state index contributed by atoms with van der Waals surface area (Å²) in [6.45, 7) is 0. The summed E-state index contributed by atoms with van der Waals surface area (Å²) in [5, 5.41) is 9.37. The van der Waals surface area contributed by atoms with Crippen molar-refractivity contribution in [2.45, 2.75) is 49.1 Å². The third-order valence-electron chi connectivity index (χ3n) is 4.31. The number of hydrogen-bond acceptors (Lipinski definition) is 3. The molecule has 102 valence electrons. The standard InChI is InChI=1S/C15H19NO2S/c17-12-8-6-11(7-9-12)16-13(14(19)15(16)18)10-4-2-1-3-5-10/h1-5,11-14,17,19H,6-9H2/t11?,12?,13-,14-/m1/s1. The van der Waals surface area contributed by atoms with Gasteiger partial charge < -0.3 is 10.0 Å². The van der Waals surface area contributed by atoms with Crippen LogP contribution >= 0.6 is 12.6 Å². The Morgan fingerprint density at radius 1 is 1.11 bits per heavy atom. The van der Waals surface area contributed by atoms with Crippen LogP contribution in [0.1, 0.15) is 37.3 Å². The van der Waals surface area contributed by atoms with Gasteiger partial charge in [-0.3, -0.25) is 4.79 Å². The first kappa shape index (κ1) is 13.0. The maximum atomic E-state index is 12.1. The van der Waals surface area contributed by atoms with E-state index in [-0.39, 0.29) is 29.3 Å². The Balaban J connectivity index is 1.78. The molecule has 3 rings (SSSR count). The molecule has 1 aliphatic carbocycles. The number of carbonyl (C=O) groups excluding carboxylic acids is 1. The number of thiol groups is 1. The van der Waals surface area contributed by atoms with Gasteiger partial charge in [0, 0.05) is 6.04 Å². The number of aliphatic hydroxyl groups is 1. The number of nitrogens with zero attached hydrogens (tertiary/aromatic N) is 1. The topological polar surface area (TPSA) is 40.5 Å². The average Bonchev–Trinajstić information content (AvgIpc) is 2.46. The Bertz CT molecular complexity index is 456. The minimum absolute atomic E-state index is 0.0947. The molecule has 0 unspecified atom stereocenters. The minimum atomic E-state index is -0.214. The van der Waals surface area contributed by atoms with Crippen LogP contribution in [0.25, 0.3) is 0 Å². The van der Waals surface area contributed by atoms with Crippen molar-refractivity contribution in [2.75, 3.05) is 0 Å². The summed E-state index contributed by atoms with van der Waals surface area (Å²) in [6, 6.07) is 10.5. The molecule has 1 saturated heterocycles. The first-order chi connectivity index (χ1) is 9.18. The van der Waals surface area contributed by atoms with E-state index in [0.29, 0.717) is 0 Å². The molecule has 1 aromatic rings. The lowest BCUT2D eigenvalue weighted by atomic mass is 9.85. The van der Waals surface area contributed by atoms with Crippen molar-refractivity contribution in [1.29, 1.82) is 0 Å². The lowest BCUT2D eigenvalue weighted by Crippen LogP contribution is -2.60. The number of rotatable bonds is 2. The van der Waals surface area contributed by atoms with Crippen molar-refractivity contribution < 1.29 is 9.90 Å². The summed E-state index contributed by atoms with van der Waals surface area (Å²) in [4.78, 5) is 14.1. The molecule has 1 heterocycles. The fourth-order valence-corrected chi connectivity index (χ4v) is 3.68. The number of benzene rings is 1. The van der Waals surface area contributed by atoms with Gasteiger partial charge >= 0.3 is 0 Å². The molecule has 1 saturated carbocycles. The number of likely N-dealkylation sites (tertiary alicyclic amines) is 1. The zero-order chi connectivity index (χ0) is 13.4. The molecule has 3 nitrogen and oxygen atoms in total. The molecule has 1 N–H and O–H groups in total. The number of carbonyl (C=O) groups is 1. The van der Waals surface area contributed by atoms with Crippen LogP contribution in [-0.4, -0.2) is 33.3 Å². The predicted molar refractivity (Wildman–Crippen MR) is 77.1 cm³/mol. The molecular formula is C15H19NO2S. The smallest absolute Gasteiger partial charge is 0.238 e. The van der Waals surface area contributed by atoms with E-state index >= 15 is 0 Å². The Morgan fingerprint density at radius 2 is 1.74 bits per heavy atom. The first-order valence-corrected chi connectivity index (χ1v) is 7.43. The lowest BCUT2D eigenvalue weighted by Gasteiger charge is -2.51. The fraction of sp³-hybridized carbons (Fsp3) is 0.533. The van der Waals surface area contributed by atoms with Crippen LogP contribution in [0.15, 0.2) is 30.3 Å². The third-order valence-corrected chi connectivity index (χ3v) is 4.81. The summed E-state index contributed by atoms with van der Waals surface area (Å²) in [7, 11) is 0. The average molecular weight is 277 g/mol. The highest BCUT2D eigenvalue weighted by molar-refractivity contribution is 7.82. The van der Waals surface area contributed by atoms with Gasteiger partial charge in [0.05, 0.1) is 12.1 Å². The van der Waals surface area contributed by atoms with Crippen molar-refractivity contribution in [3.8, 4) is 0 Å². The van der Waals surface area contributed by atoms with Gasteiger partial charge in [-0.1, -0.05) is 30.3 Å². The van der Waals surface area contributed by atoms with E-state index in [4.69, 9.17) is 0 Å². The SMILES string of the molecule is O=C1[C@H](S)[C@@H](c2ccccc2)N1C1CCC(O)CC1.